The molecule has 0 bridgehead atoms. The van der Waals surface area contributed by atoms with Crippen LogP contribution in [0.5, 0.6) is 0 Å². The topological polar surface area (TPSA) is 50.4 Å². The molecule has 1 saturated carbocycles. The van der Waals surface area contributed by atoms with Crippen LogP contribution in [0.1, 0.15) is 72.1 Å². The Morgan fingerprint density at radius 1 is 1.13 bits per heavy atom. The van der Waals surface area contributed by atoms with Crippen molar-refractivity contribution in [2.24, 2.45) is 0 Å². The van der Waals surface area contributed by atoms with Crippen molar-refractivity contribution in [2.45, 2.75) is 89.8 Å². The summed E-state index contributed by atoms with van der Waals surface area (Å²) in [5.41, 5.74) is -0.424. The highest BCUT2D eigenvalue weighted by Crippen LogP contribution is 2.19. The average Bonchev–Trinajstić information content (AvgIpc) is 2.44. The highest BCUT2D eigenvalue weighted by molar-refractivity contribution is 7.98. The number of amides is 1. The van der Waals surface area contributed by atoms with Gasteiger partial charge < -0.3 is 15.4 Å². The summed E-state index contributed by atoms with van der Waals surface area (Å²) in [5, 5.41) is 6.69. The van der Waals surface area contributed by atoms with Crippen molar-refractivity contribution >= 4 is 17.9 Å². The zero-order valence-electron chi connectivity index (χ0n) is 15.5. The standard InChI is InChI=1S/C18H36N2O2S/c1-18(2,3)22-17(21)20-16-11-9-10-15(14-16)19-12-7-5-6-8-13-23-4/h15-16,19H,5-14H2,1-4H3,(H,20,21). The molecular formula is C18H36N2O2S. The SMILES string of the molecule is CSCCCCCCNC1CCCC(NC(=O)OC(C)(C)C)C1. The van der Waals surface area contributed by atoms with Crippen LogP contribution in [0, 0.1) is 0 Å². The van der Waals surface area contributed by atoms with E-state index in [1.165, 1.54) is 44.3 Å². The molecule has 136 valence electrons. The second kappa shape index (κ2) is 11.2. The Bertz CT molecular complexity index is 331. The van der Waals surface area contributed by atoms with Gasteiger partial charge in [-0.2, -0.15) is 11.8 Å². The van der Waals surface area contributed by atoms with Crippen molar-refractivity contribution in [3.63, 3.8) is 0 Å². The van der Waals surface area contributed by atoms with Crippen molar-refractivity contribution in [3.05, 3.63) is 0 Å². The van der Waals surface area contributed by atoms with E-state index in [1.54, 1.807) is 0 Å². The summed E-state index contributed by atoms with van der Waals surface area (Å²) < 4.78 is 5.35. The molecule has 1 aliphatic rings. The molecule has 1 aliphatic carbocycles. The Balaban J connectivity index is 2.13. The zero-order valence-corrected chi connectivity index (χ0v) is 16.3. The molecule has 1 amide bonds. The first-order valence-corrected chi connectivity index (χ1v) is 10.5. The molecule has 2 atom stereocenters. The van der Waals surface area contributed by atoms with E-state index in [-0.39, 0.29) is 12.1 Å². The lowest BCUT2D eigenvalue weighted by atomic mass is 9.91. The van der Waals surface area contributed by atoms with E-state index in [4.69, 9.17) is 4.74 Å². The van der Waals surface area contributed by atoms with Crippen molar-refractivity contribution < 1.29 is 9.53 Å². The van der Waals surface area contributed by atoms with E-state index in [0.717, 1.165) is 19.4 Å². The summed E-state index contributed by atoms with van der Waals surface area (Å²) in [6.07, 6.45) is 11.6. The number of rotatable bonds is 9. The molecular weight excluding hydrogens is 308 g/mol. The number of carbonyl (C=O) groups excluding carboxylic acids is 1. The molecule has 2 unspecified atom stereocenters. The van der Waals surface area contributed by atoms with E-state index in [0.29, 0.717) is 6.04 Å². The highest BCUT2D eigenvalue weighted by Gasteiger charge is 2.25. The number of hydrogen-bond acceptors (Lipinski definition) is 4. The summed E-state index contributed by atoms with van der Waals surface area (Å²) in [6.45, 7) is 6.80. The first-order valence-electron chi connectivity index (χ1n) is 9.12. The lowest BCUT2D eigenvalue weighted by molar-refractivity contribution is 0.0488. The largest absolute Gasteiger partial charge is 0.444 e. The van der Waals surface area contributed by atoms with E-state index in [2.05, 4.69) is 16.9 Å². The molecule has 4 nitrogen and oxygen atoms in total. The number of alkyl carbamates (subject to hydrolysis) is 1. The van der Waals surface area contributed by atoms with Crippen LogP contribution in [0.4, 0.5) is 4.79 Å². The van der Waals surface area contributed by atoms with Crippen LogP contribution < -0.4 is 10.6 Å². The minimum absolute atomic E-state index is 0.248. The van der Waals surface area contributed by atoms with Gasteiger partial charge in [-0.05, 0) is 77.8 Å². The number of carbonyl (C=O) groups is 1. The summed E-state index contributed by atoms with van der Waals surface area (Å²) >= 11 is 1.94. The molecule has 23 heavy (non-hydrogen) atoms. The van der Waals surface area contributed by atoms with E-state index < -0.39 is 5.60 Å². The van der Waals surface area contributed by atoms with Crippen molar-refractivity contribution in [1.82, 2.24) is 10.6 Å². The van der Waals surface area contributed by atoms with Gasteiger partial charge >= 0.3 is 6.09 Å². The van der Waals surface area contributed by atoms with Gasteiger partial charge in [-0.25, -0.2) is 4.79 Å². The molecule has 0 spiro atoms. The van der Waals surface area contributed by atoms with Crippen LogP contribution in [-0.2, 0) is 4.74 Å². The number of unbranched alkanes of at least 4 members (excludes halogenated alkanes) is 3. The maximum atomic E-state index is 11.9. The molecule has 1 fully saturated rings. The number of hydrogen-bond donors (Lipinski definition) is 2. The maximum absolute atomic E-state index is 11.9. The zero-order chi connectivity index (χ0) is 17.1. The Kier molecular flexibility index (Phi) is 10.0. The van der Waals surface area contributed by atoms with Crippen molar-refractivity contribution in [3.8, 4) is 0 Å². The van der Waals surface area contributed by atoms with Gasteiger partial charge in [-0.15, -0.1) is 0 Å². The van der Waals surface area contributed by atoms with Gasteiger partial charge in [0.05, 0.1) is 0 Å². The fourth-order valence-electron chi connectivity index (χ4n) is 3.01. The van der Waals surface area contributed by atoms with Crippen LogP contribution in [-0.4, -0.2) is 42.3 Å². The summed E-state index contributed by atoms with van der Waals surface area (Å²) in [5.74, 6) is 1.29. The molecule has 1 rings (SSSR count). The second-order valence-corrected chi connectivity index (χ2v) is 8.55. The Morgan fingerprint density at radius 3 is 2.52 bits per heavy atom. The van der Waals surface area contributed by atoms with Gasteiger partial charge in [-0.3, -0.25) is 0 Å². The van der Waals surface area contributed by atoms with Crippen molar-refractivity contribution in [1.29, 1.82) is 0 Å². The molecule has 0 saturated heterocycles. The number of thioether (sulfide) groups is 1. The monoisotopic (exact) mass is 344 g/mol. The van der Waals surface area contributed by atoms with Gasteiger partial charge in [-0.1, -0.05) is 12.8 Å². The van der Waals surface area contributed by atoms with Crippen LogP contribution in [0.3, 0.4) is 0 Å². The Hall–Kier alpha value is -0.420. The fourth-order valence-corrected chi connectivity index (χ4v) is 3.50. The van der Waals surface area contributed by atoms with Gasteiger partial charge in [0.25, 0.3) is 0 Å². The molecule has 0 heterocycles. The molecule has 0 radical (unpaired) electrons. The third-order valence-electron chi connectivity index (χ3n) is 4.10. The summed E-state index contributed by atoms with van der Waals surface area (Å²) in [4.78, 5) is 11.9. The maximum Gasteiger partial charge on any atom is 0.407 e. The lowest BCUT2D eigenvalue weighted by Crippen LogP contribution is -2.45. The van der Waals surface area contributed by atoms with Gasteiger partial charge in [0.2, 0.25) is 0 Å². The van der Waals surface area contributed by atoms with E-state index in [1.807, 2.05) is 32.5 Å². The van der Waals surface area contributed by atoms with Crippen LogP contribution in [0.15, 0.2) is 0 Å². The molecule has 0 aromatic heterocycles. The number of ether oxygens (including phenoxy) is 1. The molecule has 0 aromatic rings. The Labute approximate surface area is 146 Å². The van der Waals surface area contributed by atoms with Crippen LogP contribution in [0.2, 0.25) is 0 Å². The normalized spacial score (nSPS) is 21.9. The fraction of sp³-hybridized carbons (Fsp3) is 0.944. The smallest absolute Gasteiger partial charge is 0.407 e. The second-order valence-electron chi connectivity index (χ2n) is 7.57. The predicted molar refractivity (Wildman–Crippen MR) is 100 cm³/mol. The highest BCUT2D eigenvalue weighted by atomic mass is 32.2. The quantitative estimate of drug-likeness (QED) is 0.611. The minimum atomic E-state index is -0.424. The predicted octanol–water partition coefficient (Wildman–Crippen LogP) is 4.34. The number of nitrogens with one attached hydrogen (secondary N) is 2. The van der Waals surface area contributed by atoms with Gasteiger partial charge in [0.1, 0.15) is 5.60 Å². The third-order valence-corrected chi connectivity index (χ3v) is 4.80. The van der Waals surface area contributed by atoms with Gasteiger partial charge in [0, 0.05) is 12.1 Å². The molecule has 2 N–H and O–H groups in total. The Morgan fingerprint density at radius 2 is 1.83 bits per heavy atom. The van der Waals surface area contributed by atoms with Crippen molar-refractivity contribution in [2.75, 3.05) is 18.6 Å². The molecule has 5 heteroatoms. The lowest BCUT2D eigenvalue weighted by Gasteiger charge is -2.31. The summed E-state index contributed by atoms with van der Waals surface area (Å²) in [7, 11) is 0. The van der Waals surface area contributed by atoms with E-state index >= 15 is 0 Å². The minimum Gasteiger partial charge on any atom is -0.444 e. The average molecular weight is 345 g/mol. The summed E-state index contributed by atoms with van der Waals surface area (Å²) in [6, 6.07) is 0.785. The molecule has 0 aromatic carbocycles. The van der Waals surface area contributed by atoms with Crippen LogP contribution in [0.25, 0.3) is 0 Å². The molecule has 0 aliphatic heterocycles. The first kappa shape index (κ1) is 20.6. The third kappa shape index (κ3) is 10.9. The van der Waals surface area contributed by atoms with Gasteiger partial charge in [0.15, 0.2) is 0 Å². The van der Waals surface area contributed by atoms with Crippen LogP contribution >= 0.6 is 11.8 Å². The van der Waals surface area contributed by atoms with E-state index in [9.17, 15) is 4.79 Å². The first-order chi connectivity index (χ1) is 10.9.